The van der Waals surface area contributed by atoms with Crippen LogP contribution >= 0.6 is 11.6 Å². The normalized spacial score (nSPS) is 10.2. The molecule has 4 heteroatoms. The van der Waals surface area contributed by atoms with Gasteiger partial charge in [0, 0.05) is 25.4 Å². The van der Waals surface area contributed by atoms with Gasteiger partial charge in [0.1, 0.15) is 5.75 Å². The molecule has 0 bridgehead atoms. The molecule has 0 saturated carbocycles. The summed E-state index contributed by atoms with van der Waals surface area (Å²) in [5.74, 6) is 1.52. The van der Waals surface area contributed by atoms with Crippen molar-refractivity contribution in [3.8, 4) is 5.75 Å². The Morgan fingerprint density at radius 2 is 2.00 bits per heavy atom. The first-order chi connectivity index (χ1) is 8.71. The molecule has 0 spiro atoms. The molecule has 1 aromatic rings. The Morgan fingerprint density at radius 1 is 1.33 bits per heavy atom. The quantitative estimate of drug-likeness (QED) is 0.712. The minimum Gasteiger partial charge on any atom is -0.497 e. The highest BCUT2D eigenvalue weighted by Crippen LogP contribution is 2.13. The summed E-state index contributed by atoms with van der Waals surface area (Å²) in [5, 5.41) is 0. The lowest BCUT2D eigenvalue weighted by molar-refractivity contribution is -0.131. The number of benzene rings is 1. The van der Waals surface area contributed by atoms with Crippen LogP contribution in [-0.2, 0) is 11.3 Å². The molecule has 0 aliphatic carbocycles. The van der Waals surface area contributed by atoms with Crippen LogP contribution in [0.1, 0.15) is 25.3 Å². The number of alkyl halides is 1. The summed E-state index contributed by atoms with van der Waals surface area (Å²) in [6.45, 7) is 3.34. The number of halogens is 1. The van der Waals surface area contributed by atoms with Gasteiger partial charge in [0.15, 0.2) is 0 Å². The molecule has 0 radical (unpaired) electrons. The summed E-state index contributed by atoms with van der Waals surface area (Å²) < 4.78 is 5.11. The van der Waals surface area contributed by atoms with E-state index in [1.807, 2.05) is 36.1 Å². The minimum absolute atomic E-state index is 0.161. The summed E-state index contributed by atoms with van der Waals surface area (Å²) >= 11 is 5.60. The van der Waals surface area contributed by atoms with Crippen molar-refractivity contribution >= 4 is 17.5 Å². The first-order valence-corrected chi connectivity index (χ1v) is 6.71. The second kappa shape index (κ2) is 7.98. The lowest BCUT2D eigenvalue weighted by Gasteiger charge is -2.21. The van der Waals surface area contributed by atoms with Gasteiger partial charge in [-0.15, -0.1) is 11.6 Å². The molecular formula is C14H20ClNO2. The maximum Gasteiger partial charge on any atom is 0.222 e. The van der Waals surface area contributed by atoms with Crippen molar-refractivity contribution in [2.75, 3.05) is 19.5 Å². The van der Waals surface area contributed by atoms with Gasteiger partial charge in [-0.1, -0.05) is 12.1 Å². The summed E-state index contributed by atoms with van der Waals surface area (Å²) in [5.41, 5.74) is 1.11. The van der Waals surface area contributed by atoms with Crippen molar-refractivity contribution in [1.82, 2.24) is 4.90 Å². The van der Waals surface area contributed by atoms with Crippen LogP contribution in [0.15, 0.2) is 24.3 Å². The van der Waals surface area contributed by atoms with E-state index in [0.29, 0.717) is 25.4 Å². The third kappa shape index (κ3) is 4.57. The zero-order valence-corrected chi connectivity index (χ0v) is 11.7. The summed E-state index contributed by atoms with van der Waals surface area (Å²) in [7, 11) is 1.64. The molecule has 1 aromatic carbocycles. The Bertz CT molecular complexity index is 365. The topological polar surface area (TPSA) is 29.5 Å². The van der Waals surface area contributed by atoms with Gasteiger partial charge in [0.2, 0.25) is 5.91 Å². The highest BCUT2D eigenvalue weighted by Gasteiger charge is 2.11. The molecule has 1 rings (SSSR count). The molecule has 0 heterocycles. The fourth-order valence-corrected chi connectivity index (χ4v) is 1.84. The standard InChI is InChI=1S/C14H20ClNO2/c1-3-16(14(17)5-4-10-15)11-12-6-8-13(18-2)9-7-12/h6-9H,3-5,10-11H2,1-2H3. The third-order valence-electron chi connectivity index (χ3n) is 2.79. The predicted octanol–water partition coefficient (Wildman–Crippen LogP) is 3.06. The molecule has 0 saturated heterocycles. The Kier molecular flexibility index (Phi) is 6.58. The Hall–Kier alpha value is -1.22. The van der Waals surface area contributed by atoms with Gasteiger partial charge in [0.25, 0.3) is 0 Å². The predicted molar refractivity (Wildman–Crippen MR) is 74.0 cm³/mol. The van der Waals surface area contributed by atoms with Gasteiger partial charge in [0.05, 0.1) is 7.11 Å². The Morgan fingerprint density at radius 3 is 2.50 bits per heavy atom. The summed E-state index contributed by atoms with van der Waals surface area (Å²) in [4.78, 5) is 13.7. The van der Waals surface area contributed by atoms with Gasteiger partial charge in [-0.2, -0.15) is 0 Å². The van der Waals surface area contributed by atoms with Gasteiger partial charge in [-0.3, -0.25) is 4.79 Å². The van der Waals surface area contributed by atoms with Crippen molar-refractivity contribution < 1.29 is 9.53 Å². The van der Waals surface area contributed by atoms with Gasteiger partial charge in [-0.05, 0) is 31.0 Å². The zero-order chi connectivity index (χ0) is 13.4. The number of carbonyl (C=O) groups excluding carboxylic acids is 1. The number of carbonyl (C=O) groups is 1. The first-order valence-electron chi connectivity index (χ1n) is 6.18. The molecule has 1 amide bonds. The van der Waals surface area contributed by atoms with Crippen molar-refractivity contribution in [1.29, 1.82) is 0 Å². The van der Waals surface area contributed by atoms with Crippen molar-refractivity contribution in [2.45, 2.75) is 26.3 Å². The molecule has 0 fully saturated rings. The van der Waals surface area contributed by atoms with Crippen LogP contribution in [0.2, 0.25) is 0 Å². The lowest BCUT2D eigenvalue weighted by atomic mass is 10.2. The molecule has 0 N–H and O–H groups in total. The van der Waals surface area contributed by atoms with Crippen LogP contribution in [0.25, 0.3) is 0 Å². The van der Waals surface area contributed by atoms with E-state index in [1.165, 1.54) is 0 Å². The number of hydrogen-bond donors (Lipinski definition) is 0. The number of methoxy groups -OCH3 is 1. The maximum atomic E-state index is 11.9. The molecule has 3 nitrogen and oxygen atoms in total. The molecule has 0 aliphatic rings. The van der Waals surface area contributed by atoms with Crippen LogP contribution in [-0.4, -0.2) is 30.3 Å². The van der Waals surface area contributed by atoms with Gasteiger partial charge >= 0.3 is 0 Å². The van der Waals surface area contributed by atoms with Crippen molar-refractivity contribution in [3.63, 3.8) is 0 Å². The van der Waals surface area contributed by atoms with E-state index < -0.39 is 0 Å². The third-order valence-corrected chi connectivity index (χ3v) is 3.06. The number of rotatable bonds is 7. The minimum atomic E-state index is 0.161. The van der Waals surface area contributed by atoms with Crippen LogP contribution in [0, 0.1) is 0 Å². The molecule has 100 valence electrons. The van der Waals surface area contributed by atoms with Gasteiger partial charge < -0.3 is 9.64 Å². The molecule has 0 aliphatic heterocycles. The fourth-order valence-electron chi connectivity index (χ4n) is 1.70. The maximum absolute atomic E-state index is 11.9. The fraction of sp³-hybridized carbons (Fsp3) is 0.500. The van der Waals surface area contributed by atoms with Crippen LogP contribution in [0.3, 0.4) is 0 Å². The number of hydrogen-bond acceptors (Lipinski definition) is 2. The van der Waals surface area contributed by atoms with E-state index in [-0.39, 0.29) is 5.91 Å². The van der Waals surface area contributed by atoms with E-state index in [1.54, 1.807) is 7.11 Å². The molecular weight excluding hydrogens is 250 g/mol. The van der Waals surface area contributed by atoms with E-state index in [0.717, 1.165) is 17.7 Å². The van der Waals surface area contributed by atoms with E-state index in [2.05, 4.69) is 0 Å². The number of amides is 1. The van der Waals surface area contributed by atoms with Crippen molar-refractivity contribution in [3.05, 3.63) is 29.8 Å². The lowest BCUT2D eigenvalue weighted by Crippen LogP contribution is -2.30. The highest BCUT2D eigenvalue weighted by molar-refractivity contribution is 6.17. The second-order valence-electron chi connectivity index (χ2n) is 4.05. The second-order valence-corrected chi connectivity index (χ2v) is 4.43. The van der Waals surface area contributed by atoms with Crippen molar-refractivity contribution in [2.24, 2.45) is 0 Å². The Labute approximate surface area is 114 Å². The van der Waals surface area contributed by atoms with Crippen LogP contribution in [0.4, 0.5) is 0 Å². The monoisotopic (exact) mass is 269 g/mol. The zero-order valence-electron chi connectivity index (χ0n) is 11.0. The smallest absolute Gasteiger partial charge is 0.222 e. The largest absolute Gasteiger partial charge is 0.497 e. The Balaban J connectivity index is 2.58. The number of nitrogens with zero attached hydrogens (tertiary/aromatic N) is 1. The highest BCUT2D eigenvalue weighted by atomic mass is 35.5. The van der Waals surface area contributed by atoms with Crippen LogP contribution < -0.4 is 4.74 Å². The molecule has 0 unspecified atom stereocenters. The molecule has 0 aromatic heterocycles. The average molecular weight is 270 g/mol. The van der Waals surface area contributed by atoms with E-state index in [4.69, 9.17) is 16.3 Å². The van der Waals surface area contributed by atoms with Crippen LogP contribution in [0.5, 0.6) is 5.75 Å². The molecule has 0 atom stereocenters. The first kappa shape index (κ1) is 14.8. The number of ether oxygens (including phenoxy) is 1. The van der Waals surface area contributed by atoms with E-state index in [9.17, 15) is 4.79 Å². The van der Waals surface area contributed by atoms with E-state index >= 15 is 0 Å². The average Bonchev–Trinajstić information content (AvgIpc) is 2.42. The van der Waals surface area contributed by atoms with Gasteiger partial charge in [-0.25, -0.2) is 0 Å². The summed E-state index contributed by atoms with van der Waals surface area (Å²) in [6, 6.07) is 7.78. The SMILES string of the molecule is CCN(Cc1ccc(OC)cc1)C(=O)CCCCl. The molecule has 18 heavy (non-hydrogen) atoms. The summed E-state index contributed by atoms with van der Waals surface area (Å²) in [6.07, 6.45) is 1.26.